The fourth-order valence-corrected chi connectivity index (χ4v) is 2.97. The van der Waals surface area contributed by atoms with E-state index in [0.717, 1.165) is 11.6 Å². The monoisotopic (exact) mass is 427 g/mol. The van der Waals surface area contributed by atoms with Gasteiger partial charge in [0.25, 0.3) is 11.6 Å². The minimum absolute atomic E-state index is 0.0929. The molecule has 0 aliphatic carbocycles. The minimum Gasteiger partial charge on any atom is -0.343 e. The average molecular weight is 428 g/mol. The molecule has 0 fully saturated rings. The lowest BCUT2D eigenvalue weighted by Crippen LogP contribution is -2.39. The van der Waals surface area contributed by atoms with Gasteiger partial charge in [0.05, 0.1) is 11.5 Å². The number of nitrogens with one attached hydrogen (secondary N) is 2. The molecular weight excluding hydrogens is 410 g/mol. The Morgan fingerprint density at radius 3 is 2.60 bits per heavy atom. The number of nitrogens with zero attached hydrogens (tertiary/aromatic N) is 3. The number of aryl methyl sites for hydroxylation is 1. The van der Waals surface area contributed by atoms with E-state index in [9.17, 15) is 19.7 Å². The molecule has 3 rings (SSSR count). The Bertz CT molecular complexity index is 1080. The van der Waals surface area contributed by atoms with E-state index in [0.29, 0.717) is 10.8 Å². The molecule has 154 valence electrons. The first kappa shape index (κ1) is 21.0. The zero-order valence-electron chi connectivity index (χ0n) is 15.9. The van der Waals surface area contributed by atoms with Gasteiger partial charge >= 0.3 is 0 Å². The van der Waals surface area contributed by atoms with Crippen molar-refractivity contribution in [3.63, 3.8) is 0 Å². The fourth-order valence-electron chi connectivity index (χ4n) is 2.84. The van der Waals surface area contributed by atoms with Crippen LogP contribution in [0.2, 0.25) is 5.02 Å². The number of nitro groups is 1. The molecule has 2 amide bonds. The molecule has 1 aromatic heterocycles. The molecule has 1 atom stereocenters. The second-order valence-electron chi connectivity index (χ2n) is 6.44. The largest absolute Gasteiger partial charge is 0.343 e. The van der Waals surface area contributed by atoms with Crippen molar-refractivity contribution >= 4 is 29.1 Å². The van der Waals surface area contributed by atoms with Crippen LogP contribution in [0.1, 0.15) is 27.8 Å². The number of halogens is 1. The number of imidazole rings is 1. The van der Waals surface area contributed by atoms with Crippen LogP contribution in [-0.4, -0.2) is 32.8 Å². The molecule has 3 aromatic rings. The van der Waals surface area contributed by atoms with Crippen molar-refractivity contribution in [3.8, 4) is 0 Å². The summed E-state index contributed by atoms with van der Waals surface area (Å²) in [5, 5.41) is 16.7. The van der Waals surface area contributed by atoms with Crippen molar-refractivity contribution in [2.45, 2.75) is 6.04 Å². The highest BCUT2D eigenvalue weighted by atomic mass is 35.5. The Kier molecular flexibility index (Phi) is 6.43. The van der Waals surface area contributed by atoms with Gasteiger partial charge in [-0.15, -0.1) is 0 Å². The first-order chi connectivity index (χ1) is 14.3. The summed E-state index contributed by atoms with van der Waals surface area (Å²) in [7, 11) is 1.81. The molecule has 0 saturated heterocycles. The van der Waals surface area contributed by atoms with Crippen LogP contribution in [0.3, 0.4) is 0 Å². The highest BCUT2D eigenvalue weighted by molar-refractivity contribution is 6.30. The summed E-state index contributed by atoms with van der Waals surface area (Å²) in [6, 6.07) is 11.7. The van der Waals surface area contributed by atoms with Gasteiger partial charge < -0.3 is 15.2 Å². The van der Waals surface area contributed by atoms with Crippen molar-refractivity contribution in [1.29, 1.82) is 0 Å². The smallest absolute Gasteiger partial charge is 0.270 e. The Morgan fingerprint density at radius 2 is 1.97 bits per heavy atom. The second kappa shape index (κ2) is 9.19. The topological polar surface area (TPSA) is 119 Å². The lowest BCUT2D eigenvalue weighted by atomic mass is 10.1. The van der Waals surface area contributed by atoms with Crippen LogP contribution in [0.25, 0.3) is 0 Å². The number of benzene rings is 2. The molecule has 9 nitrogen and oxygen atoms in total. The van der Waals surface area contributed by atoms with E-state index in [4.69, 9.17) is 11.6 Å². The zero-order valence-corrected chi connectivity index (χ0v) is 16.7. The van der Waals surface area contributed by atoms with Gasteiger partial charge in [-0.3, -0.25) is 19.7 Å². The summed E-state index contributed by atoms with van der Waals surface area (Å²) in [6.07, 6.45) is 3.38. The molecular formula is C20H18ClN5O4. The number of non-ortho nitro benzene ring substituents is 1. The third-order valence-electron chi connectivity index (χ3n) is 4.35. The minimum atomic E-state index is -0.590. The number of aromatic nitrogens is 2. The van der Waals surface area contributed by atoms with Crippen LogP contribution < -0.4 is 10.6 Å². The van der Waals surface area contributed by atoms with E-state index in [1.165, 1.54) is 18.2 Å². The maximum absolute atomic E-state index is 12.5. The maximum atomic E-state index is 12.5. The lowest BCUT2D eigenvalue weighted by Gasteiger charge is -2.19. The number of carbonyl (C=O) groups is 2. The van der Waals surface area contributed by atoms with Gasteiger partial charge in [0.1, 0.15) is 11.9 Å². The first-order valence-corrected chi connectivity index (χ1v) is 9.27. The second-order valence-corrected chi connectivity index (χ2v) is 6.87. The van der Waals surface area contributed by atoms with Crippen LogP contribution in [-0.2, 0) is 11.8 Å². The quantitative estimate of drug-likeness (QED) is 0.443. The van der Waals surface area contributed by atoms with E-state index in [2.05, 4.69) is 15.6 Å². The van der Waals surface area contributed by atoms with Gasteiger partial charge in [0, 0.05) is 42.2 Å². The van der Waals surface area contributed by atoms with E-state index < -0.39 is 22.8 Å². The van der Waals surface area contributed by atoms with Crippen LogP contribution in [0.15, 0.2) is 60.9 Å². The SMILES string of the molecule is Cn1ccnc1C(NC(=O)CNC(=O)c1cccc([N+](=O)[O-])c1)c1ccc(Cl)cc1. The predicted molar refractivity (Wildman–Crippen MR) is 110 cm³/mol. The normalized spacial score (nSPS) is 11.5. The Balaban J connectivity index is 1.70. The Morgan fingerprint density at radius 1 is 1.23 bits per heavy atom. The van der Waals surface area contributed by atoms with Crippen molar-refractivity contribution < 1.29 is 14.5 Å². The molecule has 0 spiro atoms. The third-order valence-corrected chi connectivity index (χ3v) is 4.61. The summed E-state index contributed by atoms with van der Waals surface area (Å²) in [5.41, 5.74) is 0.659. The van der Waals surface area contributed by atoms with Gasteiger partial charge in [0.2, 0.25) is 5.91 Å². The van der Waals surface area contributed by atoms with Crippen LogP contribution in [0.4, 0.5) is 5.69 Å². The molecule has 2 aromatic carbocycles. The Hall–Kier alpha value is -3.72. The van der Waals surface area contributed by atoms with Crippen LogP contribution >= 0.6 is 11.6 Å². The van der Waals surface area contributed by atoms with Gasteiger partial charge in [-0.25, -0.2) is 4.98 Å². The van der Waals surface area contributed by atoms with Crippen molar-refractivity contribution in [1.82, 2.24) is 20.2 Å². The predicted octanol–water partition coefficient (Wildman–Crippen LogP) is 2.62. The standard InChI is InChI=1S/C20H18ClN5O4/c1-25-10-9-22-19(25)18(13-5-7-15(21)8-6-13)24-17(27)12-23-20(28)14-3-2-4-16(11-14)26(29)30/h2-11,18H,12H2,1H3,(H,23,28)(H,24,27). The number of amides is 2. The van der Waals surface area contributed by atoms with E-state index in [1.54, 1.807) is 41.2 Å². The first-order valence-electron chi connectivity index (χ1n) is 8.90. The van der Waals surface area contributed by atoms with Gasteiger partial charge in [-0.05, 0) is 23.8 Å². The summed E-state index contributed by atoms with van der Waals surface area (Å²) < 4.78 is 1.78. The number of hydrogen-bond donors (Lipinski definition) is 2. The van der Waals surface area contributed by atoms with E-state index in [1.807, 2.05) is 7.05 Å². The average Bonchev–Trinajstić information content (AvgIpc) is 3.16. The van der Waals surface area contributed by atoms with Gasteiger partial charge in [-0.2, -0.15) is 0 Å². The molecule has 0 bridgehead atoms. The molecule has 2 N–H and O–H groups in total. The molecule has 0 radical (unpaired) electrons. The molecule has 0 aliphatic rings. The summed E-state index contributed by atoms with van der Waals surface area (Å²) in [5.74, 6) is -0.429. The molecule has 0 aliphatic heterocycles. The lowest BCUT2D eigenvalue weighted by molar-refractivity contribution is -0.384. The number of rotatable bonds is 7. The summed E-state index contributed by atoms with van der Waals surface area (Å²) in [4.78, 5) is 39.3. The maximum Gasteiger partial charge on any atom is 0.270 e. The van der Waals surface area contributed by atoms with Crippen molar-refractivity contribution in [3.05, 3.63) is 93.0 Å². The van der Waals surface area contributed by atoms with Crippen molar-refractivity contribution in [2.24, 2.45) is 7.05 Å². The number of nitro benzene ring substituents is 1. The fraction of sp³-hybridized carbons (Fsp3) is 0.150. The molecule has 1 heterocycles. The van der Waals surface area contributed by atoms with Gasteiger partial charge in [-0.1, -0.05) is 29.8 Å². The number of hydrogen-bond acceptors (Lipinski definition) is 5. The summed E-state index contributed by atoms with van der Waals surface area (Å²) in [6.45, 7) is -0.309. The third kappa shape index (κ3) is 5.00. The molecule has 30 heavy (non-hydrogen) atoms. The van der Waals surface area contributed by atoms with E-state index in [-0.39, 0.29) is 17.8 Å². The van der Waals surface area contributed by atoms with Gasteiger partial charge in [0.15, 0.2) is 0 Å². The summed E-state index contributed by atoms with van der Waals surface area (Å²) >= 11 is 5.95. The van der Waals surface area contributed by atoms with Crippen LogP contribution in [0.5, 0.6) is 0 Å². The van der Waals surface area contributed by atoms with Crippen molar-refractivity contribution in [2.75, 3.05) is 6.54 Å². The number of carbonyl (C=O) groups excluding carboxylic acids is 2. The van der Waals surface area contributed by atoms with E-state index >= 15 is 0 Å². The highest BCUT2D eigenvalue weighted by Crippen LogP contribution is 2.22. The van der Waals surface area contributed by atoms with Crippen LogP contribution in [0, 0.1) is 10.1 Å². The highest BCUT2D eigenvalue weighted by Gasteiger charge is 2.21. The molecule has 10 heteroatoms. The molecule has 1 unspecified atom stereocenters. The Labute approximate surface area is 176 Å². The molecule has 0 saturated carbocycles. The zero-order chi connectivity index (χ0) is 21.7.